The number of aryl methyl sites for hydroxylation is 2. The van der Waals surface area contributed by atoms with Gasteiger partial charge in [-0.3, -0.25) is 19.3 Å². The maximum atomic E-state index is 13.5. The molecule has 2 aromatic rings. The lowest BCUT2D eigenvalue weighted by molar-refractivity contribution is -0.147. The van der Waals surface area contributed by atoms with Crippen LogP contribution in [0.15, 0.2) is 48.5 Å². The Kier molecular flexibility index (Phi) is 4.92. The highest BCUT2D eigenvalue weighted by Crippen LogP contribution is 2.56. The molecule has 1 heterocycles. The first-order valence-corrected chi connectivity index (χ1v) is 11.2. The first kappa shape index (κ1) is 20.0. The molecule has 2 saturated carbocycles. The Morgan fingerprint density at radius 3 is 2.13 bits per heavy atom. The minimum absolute atomic E-state index is 0.140. The topological polar surface area (TPSA) is 66.5 Å². The van der Waals surface area contributed by atoms with Crippen LogP contribution in [0.25, 0.3) is 0 Å². The monoisotopic (exact) mass is 416 g/mol. The molecule has 0 unspecified atom stereocenters. The van der Waals surface area contributed by atoms with Gasteiger partial charge in [0, 0.05) is 12.1 Å². The van der Waals surface area contributed by atoms with Gasteiger partial charge in [0.2, 0.25) is 17.7 Å². The second-order valence-corrected chi connectivity index (χ2v) is 9.50. The Labute approximate surface area is 182 Å². The summed E-state index contributed by atoms with van der Waals surface area (Å²) in [5, 5.41) is 2.98. The lowest BCUT2D eigenvalue weighted by atomic mass is 9.81. The molecular weight excluding hydrogens is 388 g/mol. The lowest BCUT2D eigenvalue weighted by Crippen LogP contribution is -2.49. The average molecular weight is 417 g/mol. The Morgan fingerprint density at radius 2 is 1.55 bits per heavy atom. The van der Waals surface area contributed by atoms with Crippen molar-refractivity contribution in [2.45, 2.75) is 45.6 Å². The molecule has 0 radical (unpaired) electrons. The quantitative estimate of drug-likeness (QED) is 0.752. The van der Waals surface area contributed by atoms with Crippen LogP contribution in [0.5, 0.6) is 0 Å². The number of hydrogen-bond acceptors (Lipinski definition) is 3. The predicted octanol–water partition coefficient (Wildman–Crippen LogP) is 3.88. The zero-order chi connectivity index (χ0) is 21.7. The summed E-state index contributed by atoms with van der Waals surface area (Å²) >= 11 is 0. The van der Waals surface area contributed by atoms with Crippen LogP contribution in [0, 0.1) is 37.5 Å². The molecule has 1 aliphatic heterocycles. The number of rotatable bonds is 5. The number of nitrogens with zero attached hydrogens (tertiary/aromatic N) is 1. The van der Waals surface area contributed by atoms with E-state index in [2.05, 4.69) is 5.32 Å². The SMILES string of the molecule is Cc1cc(C)cc(NC(=O)[C@H](Cc2ccccc2)N2C(=O)[C@H]3[C@@H]4CC[C@H](C4)[C@@H]3C2=O)c1. The van der Waals surface area contributed by atoms with E-state index < -0.39 is 6.04 Å². The number of hydrogen-bond donors (Lipinski definition) is 1. The first-order valence-electron chi connectivity index (χ1n) is 11.2. The van der Waals surface area contributed by atoms with E-state index in [0.29, 0.717) is 23.9 Å². The summed E-state index contributed by atoms with van der Waals surface area (Å²) < 4.78 is 0. The van der Waals surface area contributed by atoms with Crippen LogP contribution < -0.4 is 5.32 Å². The molecule has 2 aromatic carbocycles. The fraction of sp³-hybridized carbons (Fsp3) is 0.423. The minimum Gasteiger partial charge on any atom is -0.324 e. The van der Waals surface area contributed by atoms with Crippen molar-refractivity contribution in [1.82, 2.24) is 4.90 Å². The van der Waals surface area contributed by atoms with Gasteiger partial charge in [-0.25, -0.2) is 0 Å². The van der Waals surface area contributed by atoms with Crippen LogP contribution in [-0.2, 0) is 20.8 Å². The van der Waals surface area contributed by atoms with Gasteiger partial charge in [0.15, 0.2) is 0 Å². The van der Waals surface area contributed by atoms with Gasteiger partial charge in [0.25, 0.3) is 0 Å². The van der Waals surface area contributed by atoms with Crippen molar-refractivity contribution in [3.63, 3.8) is 0 Å². The molecule has 3 aliphatic rings. The van der Waals surface area contributed by atoms with E-state index in [9.17, 15) is 14.4 Å². The summed E-state index contributed by atoms with van der Waals surface area (Å²) in [4.78, 5) is 41.6. The summed E-state index contributed by atoms with van der Waals surface area (Å²) in [7, 11) is 0. The molecule has 1 N–H and O–H groups in total. The number of amides is 3. The van der Waals surface area contributed by atoms with E-state index in [1.165, 1.54) is 4.90 Å². The number of carbonyl (C=O) groups excluding carboxylic acids is 3. The number of imide groups is 1. The van der Waals surface area contributed by atoms with Gasteiger partial charge in [-0.2, -0.15) is 0 Å². The van der Waals surface area contributed by atoms with E-state index in [0.717, 1.165) is 36.0 Å². The highest BCUT2D eigenvalue weighted by molar-refractivity contribution is 6.10. The van der Waals surface area contributed by atoms with Gasteiger partial charge >= 0.3 is 0 Å². The predicted molar refractivity (Wildman–Crippen MR) is 118 cm³/mol. The molecule has 2 aliphatic carbocycles. The van der Waals surface area contributed by atoms with Gasteiger partial charge in [-0.15, -0.1) is 0 Å². The van der Waals surface area contributed by atoms with Crippen molar-refractivity contribution < 1.29 is 14.4 Å². The Hall–Kier alpha value is -2.95. The number of anilines is 1. The number of carbonyl (C=O) groups is 3. The summed E-state index contributed by atoms with van der Waals surface area (Å²) in [6.45, 7) is 3.96. The van der Waals surface area contributed by atoms with Crippen LogP contribution >= 0.6 is 0 Å². The van der Waals surface area contributed by atoms with Crippen molar-refractivity contribution in [1.29, 1.82) is 0 Å². The van der Waals surface area contributed by atoms with Gasteiger partial charge in [0.05, 0.1) is 11.8 Å². The van der Waals surface area contributed by atoms with Gasteiger partial charge in [-0.1, -0.05) is 36.4 Å². The highest BCUT2D eigenvalue weighted by Gasteiger charge is 2.62. The Bertz CT molecular complexity index is 1000. The van der Waals surface area contributed by atoms with Crippen LogP contribution in [0.1, 0.15) is 36.0 Å². The molecule has 2 bridgehead atoms. The maximum absolute atomic E-state index is 13.5. The van der Waals surface area contributed by atoms with E-state index in [1.54, 1.807) is 0 Å². The summed E-state index contributed by atoms with van der Waals surface area (Å²) in [6.07, 6.45) is 3.36. The molecule has 0 aromatic heterocycles. The molecule has 0 spiro atoms. The zero-order valence-electron chi connectivity index (χ0n) is 18.0. The molecular formula is C26H28N2O3. The van der Waals surface area contributed by atoms with Gasteiger partial charge in [-0.05, 0) is 73.8 Å². The molecule has 3 fully saturated rings. The van der Waals surface area contributed by atoms with Crippen LogP contribution in [0.4, 0.5) is 5.69 Å². The van der Waals surface area contributed by atoms with Crippen LogP contribution in [0.3, 0.4) is 0 Å². The molecule has 3 amide bonds. The summed E-state index contributed by atoms with van der Waals surface area (Å²) in [5.74, 6) is -0.426. The molecule has 5 nitrogen and oxygen atoms in total. The van der Waals surface area contributed by atoms with E-state index in [4.69, 9.17) is 0 Å². The molecule has 5 heteroatoms. The molecule has 1 saturated heterocycles. The summed E-state index contributed by atoms with van der Waals surface area (Å²) in [5.41, 5.74) is 3.73. The largest absolute Gasteiger partial charge is 0.324 e. The van der Waals surface area contributed by atoms with Crippen molar-refractivity contribution in [2.24, 2.45) is 23.7 Å². The molecule has 5 rings (SSSR count). The third-order valence-electron chi connectivity index (χ3n) is 7.34. The van der Waals surface area contributed by atoms with Gasteiger partial charge in [0.1, 0.15) is 6.04 Å². The van der Waals surface area contributed by atoms with E-state index in [-0.39, 0.29) is 29.6 Å². The summed E-state index contributed by atoms with van der Waals surface area (Å²) in [6, 6.07) is 14.6. The number of likely N-dealkylation sites (tertiary alicyclic amines) is 1. The van der Waals surface area contributed by atoms with E-state index in [1.807, 2.05) is 62.4 Å². The molecule has 31 heavy (non-hydrogen) atoms. The van der Waals surface area contributed by atoms with Crippen molar-refractivity contribution in [3.05, 3.63) is 65.2 Å². The second-order valence-electron chi connectivity index (χ2n) is 9.50. The zero-order valence-corrected chi connectivity index (χ0v) is 18.0. The first-order chi connectivity index (χ1) is 14.9. The Balaban J connectivity index is 1.46. The number of benzene rings is 2. The normalized spacial score (nSPS) is 27.5. The lowest BCUT2D eigenvalue weighted by Gasteiger charge is -2.27. The molecule has 5 atom stereocenters. The standard InChI is InChI=1S/C26H28N2O3/c1-15-10-16(2)12-20(11-15)27-24(29)21(13-17-6-4-3-5-7-17)28-25(30)22-18-8-9-19(14-18)23(22)26(28)31/h3-7,10-12,18-19,21-23H,8-9,13-14H2,1-2H3,(H,27,29)/t18-,19-,21+,22+,23+/m1/s1. The fourth-order valence-electron chi connectivity index (χ4n) is 6.15. The van der Waals surface area contributed by atoms with Crippen molar-refractivity contribution >= 4 is 23.4 Å². The van der Waals surface area contributed by atoms with E-state index >= 15 is 0 Å². The number of fused-ring (bicyclic) bond motifs is 5. The number of nitrogens with one attached hydrogen (secondary N) is 1. The second kappa shape index (κ2) is 7.63. The van der Waals surface area contributed by atoms with Gasteiger partial charge < -0.3 is 5.32 Å². The van der Waals surface area contributed by atoms with Crippen molar-refractivity contribution in [3.8, 4) is 0 Å². The maximum Gasteiger partial charge on any atom is 0.248 e. The molecule has 160 valence electrons. The third-order valence-corrected chi connectivity index (χ3v) is 7.34. The van der Waals surface area contributed by atoms with Crippen LogP contribution in [-0.4, -0.2) is 28.7 Å². The van der Waals surface area contributed by atoms with Crippen molar-refractivity contribution in [2.75, 3.05) is 5.32 Å². The smallest absolute Gasteiger partial charge is 0.248 e. The highest BCUT2D eigenvalue weighted by atomic mass is 16.2. The third kappa shape index (κ3) is 3.46. The Morgan fingerprint density at radius 1 is 0.968 bits per heavy atom. The fourth-order valence-corrected chi connectivity index (χ4v) is 6.15. The average Bonchev–Trinajstić information content (AvgIpc) is 3.40. The minimum atomic E-state index is -0.840. The van der Waals surface area contributed by atoms with Crippen LogP contribution in [0.2, 0.25) is 0 Å².